The van der Waals surface area contributed by atoms with Crippen LogP contribution >= 0.6 is 0 Å². The summed E-state index contributed by atoms with van der Waals surface area (Å²) in [5.74, 6) is 2.14. The quantitative estimate of drug-likeness (QED) is 0.465. The van der Waals surface area contributed by atoms with Gasteiger partial charge in [-0.1, -0.05) is 32.0 Å². The lowest BCUT2D eigenvalue weighted by atomic mass is 9.86. The molecule has 9 nitrogen and oxygen atoms in total. The van der Waals surface area contributed by atoms with E-state index in [1.807, 2.05) is 24.3 Å². The first kappa shape index (κ1) is 20.7. The van der Waals surface area contributed by atoms with Gasteiger partial charge in [-0.2, -0.15) is 10.1 Å². The van der Waals surface area contributed by atoms with Crippen molar-refractivity contribution in [1.29, 1.82) is 0 Å². The number of pyridine rings is 1. The first-order valence-electron chi connectivity index (χ1n) is 9.96. The summed E-state index contributed by atoms with van der Waals surface area (Å²) in [6, 6.07) is 9.93. The van der Waals surface area contributed by atoms with Crippen LogP contribution in [0.4, 0.5) is 0 Å². The summed E-state index contributed by atoms with van der Waals surface area (Å²) in [4.78, 5) is 12.7. The van der Waals surface area contributed by atoms with Crippen LogP contribution in [0.2, 0.25) is 0 Å². The standard InChI is InChI=1S/C22H25N7O2/c1-22(2,3)18(21-27-20(29-31-21)19-25-13-26-28-19)24-12-16-11-15(5-6-17(16)30-4)14-7-9-23-10-8-14/h5-11,13,18,24H,12H2,1-4H3,(H,25,26,28). The van der Waals surface area contributed by atoms with Crippen molar-refractivity contribution < 1.29 is 9.26 Å². The van der Waals surface area contributed by atoms with E-state index < -0.39 is 0 Å². The van der Waals surface area contributed by atoms with E-state index in [1.165, 1.54) is 6.33 Å². The molecule has 9 heteroatoms. The van der Waals surface area contributed by atoms with Crippen molar-refractivity contribution in [3.63, 3.8) is 0 Å². The predicted molar refractivity (Wildman–Crippen MR) is 115 cm³/mol. The zero-order valence-corrected chi connectivity index (χ0v) is 18.0. The van der Waals surface area contributed by atoms with Gasteiger partial charge in [-0.05, 0) is 40.8 Å². The van der Waals surface area contributed by atoms with E-state index in [0.29, 0.717) is 24.1 Å². The summed E-state index contributed by atoms with van der Waals surface area (Å²) in [7, 11) is 1.67. The van der Waals surface area contributed by atoms with Crippen molar-refractivity contribution in [2.24, 2.45) is 5.41 Å². The Morgan fingerprint density at radius 1 is 1.13 bits per heavy atom. The highest BCUT2D eigenvalue weighted by Crippen LogP contribution is 2.34. The number of aromatic amines is 1. The number of aromatic nitrogens is 6. The fourth-order valence-corrected chi connectivity index (χ4v) is 3.38. The number of rotatable bonds is 7. The molecule has 1 aromatic carbocycles. The monoisotopic (exact) mass is 419 g/mol. The Kier molecular flexibility index (Phi) is 5.77. The average Bonchev–Trinajstić information content (AvgIpc) is 3.46. The van der Waals surface area contributed by atoms with Gasteiger partial charge in [0.15, 0.2) is 5.82 Å². The lowest BCUT2D eigenvalue weighted by Crippen LogP contribution is -2.32. The van der Waals surface area contributed by atoms with Crippen LogP contribution in [0.3, 0.4) is 0 Å². The fraction of sp³-hybridized carbons (Fsp3) is 0.318. The molecule has 0 aliphatic carbocycles. The maximum atomic E-state index is 5.59. The van der Waals surface area contributed by atoms with E-state index in [0.717, 1.165) is 22.4 Å². The highest BCUT2D eigenvalue weighted by molar-refractivity contribution is 5.65. The Morgan fingerprint density at radius 2 is 1.94 bits per heavy atom. The van der Waals surface area contributed by atoms with Gasteiger partial charge < -0.3 is 14.6 Å². The van der Waals surface area contributed by atoms with Crippen LogP contribution in [0.1, 0.15) is 38.3 Å². The first-order valence-corrected chi connectivity index (χ1v) is 9.96. The maximum Gasteiger partial charge on any atom is 0.244 e. The van der Waals surface area contributed by atoms with Crippen molar-refractivity contribution in [2.75, 3.05) is 7.11 Å². The second-order valence-corrected chi connectivity index (χ2v) is 8.23. The molecule has 0 aliphatic heterocycles. The van der Waals surface area contributed by atoms with Gasteiger partial charge in [-0.3, -0.25) is 10.1 Å². The Labute approximate surface area is 180 Å². The van der Waals surface area contributed by atoms with E-state index in [1.54, 1.807) is 19.5 Å². The average molecular weight is 419 g/mol. The van der Waals surface area contributed by atoms with Gasteiger partial charge in [0.1, 0.15) is 12.1 Å². The molecule has 0 bridgehead atoms. The molecular weight excluding hydrogens is 394 g/mol. The molecule has 0 spiro atoms. The molecule has 4 rings (SSSR count). The maximum absolute atomic E-state index is 5.59. The molecule has 3 heterocycles. The zero-order chi connectivity index (χ0) is 21.8. The van der Waals surface area contributed by atoms with E-state index in [2.05, 4.69) is 62.5 Å². The van der Waals surface area contributed by atoms with Crippen molar-refractivity contribution in [1.82, 2.24) is 35.6 Å². The largest absolute Gasteiger partial charge is 0.496 e. The van der Waals surface area contributed by atoms with E-state index in [9.17, 15) is 0 Å². The van der Waals surface area contributed by atoms with Crippen LogP contribution in [-0.4, -0.2) is 37.4 Å². The minimum absolute atomic E-state index is 0.179. The molecule has 0 saturated heterocycles. The Balaban J connectivity index is 1.59. The molecule has 4 aromatic rings. The third kappa shape index (κ3) is 4.61. The molecule has 0 radical (unpaired) electrons. The Bertz CT molecular complexity index is 1120. The minimum Gasteiger partial charge on any atom is -0.496 e. The highest BCUT2D eigenvalue weighted by Gasteiger charge is 2.31. The molecule has 1 unspecified atom stereocenters. The lowest BCUT2D eigenvalue weighted by molar-refractivity contribution is 0.211. The lowest BCUT2D eigenvalue weighted by Gasteiger charge is -2.29. The van der Waals surface area contributed by atoms with Gasteiger partial charge in [0.25, 0.3) is 0 Å². The van der Waals surface area contributed by atoms with Gasteiger partial charge in [0, 0.05) is 24.5 Å². The van der Waals surface area contributed by atoms with E-state index >= 15 is 0 Å². The van der Waals surface area contributed by atoms with Gasteiger partial charge in [-0.25, -0.2) is 4.98 Å². The molecule has 0 saturated carbocycles. The zero-order valence-electron chi connectivity index (χ0n) is 18.0. The molecule has 0 aliphatic rings. The van der Waals surface area contributed by atoms with E-state index in [-0.39, 0.29) is 11.5 Å². The van der Waals surface area contributed by atoms with Crippen molar-refractivity contribution in [3.05, 3.63) is 60.5 Å². The summed E-state index contributed by atoms with van der Waals surface area (Å²) in [5, 5.41) is 14.2. The molecule has 0 fully saturated rings. The molecule has 31 heavy (non-hydrogen) atoms. The van der Waals surface area contributed by atoms with Gasteiger partial charge in [-0.15, -0.1) is 0 Å². The van der Waals surface area contributed by atoms with Gasteiger partial charge in [0.05, 0.1) is 13.2 Å². The number of hydrogen-bond acceptors (Lipinski definition) is 8. The minimum atomic E-state index is -0.189. The van der Waals surface area contributed by atoms with Crippen LogP contribution < -0.4 is 10.1 Å². The SMILES string of the molecule is COc1ccc(-c2ccncc2)cc1CNC(c1nc(-c2ncn[nH]2)no1)C(C)(C)C. The number of hydrogen-bond donors (Lipinski definition) is 2. The van der Waals surface area contributed by atoms with Crippen LogP contribution in [0.5, 0.6) is 5.75 Å². The van der Waals surface area contributed by atoms with Crippen molar-refractivity contribution in [3.8, 4) is 28.5 Å². The molecule has 3 aromatic heterocycles. The number of ether oxygens (including phenoxy) is 1. The molecule has 0 amide bonds. The van der Waals surface area contributed by atoms with Crippen molar-refractivity contribution >= 4 is 0 Å². The second kappa shape index (κ2) is 8.65. The van der Waals surface area contributed by atoms with Gasteiger partial charge >= 0.3 is 0 Å². The fourth-order valence-electron chi connectivity index (χ4n) is 3.38. The van der Waals surface area contributed by atoms with Crippen LogP contribution in [0.25, 0.3) is 22.8 Å². The molecule has 2 N–H and O–H groups in total. The molecule has 160 valence electrons. The van der Waals surface area contributed by atoms with E-state index in [4.69, 9.17) is 9.26 Å². The molecule has 1 atom stereocenters. The third-order valence-electron chi connectivity index (χ3n) is 4.97. The van der Waals surface area contributed by atoms with Crippen LogP contribution in [0, 0.1) is 5.41 Å². The number of nitrogens with zero attached hydrogens (tertiary/aromatic N) is 5. The number of methoxy groups -OCH3 is 1. The predicted octanol–water partition coefficient (Wildman–Crippen LogP) is 3.80. The van der Waals surface area contributed by atoms with Gasteiger partial charge in [0.2, 0.25) is 11.7 Å². The molecular formula is C22H25N7O2. The highest BCUT2D eigenvalue weighted by atomic mass is 16.5. The summed E-state index contributed by atoms with van der Waals surface area (Å²) in [6.45, 7) is 6.92. The number of nitrogens with one attached hydrogen (secondary N) is 2. The topological polar surface area (TPSA) is 115 Å². The van der Waals surface area contributed by atoms with Crippen LogP contribution in [-0.2, 0) is 6.54 Å². The van der Waals surface area contributed by atoms with Crippen LogP contribution in [0.15, 0.2) is 53.6 Å². The smallest absolute Gasteiger partial charge is 0.244 e. The normalized spacial score (nSPS) is 12.6. The number of H-pyrrole nitrogens is 1. The summed E-state index contributed by atoms with van der Waals surface area (Å²) >= 11 is 0. The summed E-state index contributed by atoms with van der Waals surface area (Å²) in [6.07, 6.45) is 4.98. The summed E-state index contributed by atoms with van der Waals surface area (Å²) in [5.41, 5.74) is 3.04. The Hall–Kier alpha value is -3.59. The second-order valence-electron chi connectivity index (χ2n) is 8.23. The number of benzene rings is 1. The first-order chi connectivity index (χ1) is 15.0. The van der Waals surface area contributed by atoms with Crippen molar-refractivity contribution in [2.45, 2.75) is 33.4 Å². The Morgan fingerprint density at radius 3 is 2.61 bits per heavy atom. The summed E-state index contributed by atoms with van der Waals surface area (Å²) < 4.78 is 11.2. The third-order valence-corrected chi connectivity index (χ3v) is 4.97.